The van der Waals surface area contributed by atoms with Crippen molar-refractivity contribution in [2.75, 3.05) is 13.1 Å². The van der Waals surface area contributed by atoms with Crippen LogP contribution in [0.1, 0.15) is 47.3 Å². The van der Waals surface area contributed by atoms with Gasteiger partial charge in [-0.3, -0.25) is 14.3 Å². The number of hydrogen-bond donors (Lipinski definition) is 0. The average Bonchev–Trinajstić information content (AvgIpc) is 3.28. The number of ketones is 1. The highest BCUT2D eigenvalue weighted by Crippen LogP contribution is 2.26. The van der Waals surface area contributed by atoms with E-state index >= 15 is 0 Å². The van der Waals surface area contributed by atoms with E-state index < -0.39 is 0 Å². The van der Waals surface area contributed by atoms with Crippen molar-refractivity contribution in [3.8, 4) is 0 Å². The quantitative estimate of drug-likeness (QED) is 0.604. The van der Waals surface area contributed by atoms with Crippen LogP contribution in [0.2, 0.25) is 0 Å². The first kappa shape index (κ1) is 17.6. The molecule has 0 N–H and O–H groups in total. The monoisotopic (exact) mass is 364 g/mol. The zero-order valence-electron chi connectivity index (χ0n) is 15.6. The summed E-state index contributed by atoms with van der Waals surface area (Å²) >= 11 is 0. The van der Waals surface area contributed by atoms with E-state index in [-0.39, 0.29) is 11.7 Å². The summed E-state index contributed by atoms with van der Waals surface area (Å²) in [6.07, 6.45) is 7.83. The molecule has 1 amide bonds. The number of aryl methyl sites for hydroxylation is 1. The Hall–Kier alpha value is -2.76. The Bertz CT molecular complexity index is 876. The molecule has 1 aliphatic heterocycles. The Morgan fingerprint density at radius 1 is 1.22 bits per heavy atom. The van der Waals surface area contributed by atoms with Crippen molar-refractivity contribution < 1.29 is 9.59 Å². The molecule has 1 unspecified atom stereocenters. The standard InChI is InChI=1S/C21H24N4O2/c1-15-5-7-18(8-6-15)21(27)19-14-25(23-22-19)13-17-9-10-24(12-17)20(26)11-16-3-2-4-16/h5-8,11,14,17H,2-4,9-10,12-13H2,1H3. The third kappa shape index (κ3) is 3.99. The van der Waals surface area contributed by atoms with Crippen LogP contribution in [0.15, 0.2) is 42.1 Å². The van der Waals surface area contributed by atoms with Gasteiger partial charge >= 0.3 is 0 Å². The summed E-state index contributed by atoms with van der Waals surface area (Å²) in [4.78, 5) is 26.7. The van der Waals surface area contributed by atoms with E-state index in [4.69, 9.17) is 0 Å². The molecule has 1 saturated carbocycles. The Morgan fingerprint density at radius 2 is 2.00 bits per heavy atom. The Balaban J connectivity index is 1.35. The van der Waals surface area contributed by atoms with Crippen molar-refractivity contribution in [1.82, 2.24) is 19.9 Å². The van der Waals surface area contributed by atoms with Crippen molar-refractivity contribution in [2.45, 2.75) is 39.2 Å². The van der Waals surface area contributed by atoms with Gasteiger partial charge in [0, 0.05) is 31.3 Å². The van der Waals surface area contributed by atoms with E-state index in [1.807, 2.05) is 42.2 Å². The first-order chi connectivity index (χ1) is 13.1. The lowest BCUT2D eigenvalue weighted by Gasteiger charge is -2.19. The molecule has 0 spiro atoms. The fourth-order valence-electron chi connectivity index (χ4n) is 3.58. The van der Waals surface area contributed by atoms with Gasteiger partial charge in [-0.1, -0.05) is 40.6 Å². The lowest BCUT2D eigenvalue weighted by molar-refractivity contribution is -0.125. The van der Waals surface area contributed by atoms with Crippen LogP contribution in [-0.2, 0) is 11.3 Å². The normalized spacial score (nSPS) is 19.1. The van der Waals surface area contributed by atoms with Crippen LogP contribution < -0.4 is 0 Å². The molecule has 1 saturated heterocycles. The zero-order chi connectivity index (χ0) is 18.8. The summed E-state index contributed by atoms with van der Waals surface area (Å²) in [5.74, 6) is 0.371. The van der Waals surface area contributed by atoms with Crippen LogP contribution >= 0.6 is 0 Å². The van der Waals surface area contributed by atoms with Crippen molar-refractivity contribution in [2.24, 2.45) is 5.92 Å². The third-order valence-corrected chi connectivity index (χ3v) is 5.45. The summed E-state index contributed by atoms with van der Waals surface area (Å²) in [7, 11) is 0. The number of likely N-dealkylation sites (tertiary alicyclic amines) is 1. The lowest BCUT2D eigenvalue weighted by atomic mass is 9.92. The van der Waals surface area contributed by atoms with E-state index in [0.29, 0.717) is 23.7 Å². The molecule has 6 heteroatoms. The number of benzene rings is 1. The number of hydrogen-bond acceptors (Lipinski definition) is 4. The SMILES string of the molecule is Cc1ccc(C(=O)c2cn(CC3CCN(C(=O)C=C4CCC4)C3)nn2)cc1. The second-order valence-electron chi connectivity index (χ2n) is 7.62. The predicted octanol–water partition coefficient (Wildman–Crippen LogP) is 2.78. The van der Waals surface area contributed by atoms with Crippen molar-refractivity contribution >= 4 is 11.7 Å². The molecule has 0 bridgehead atoms. The van der Waals surface area contributed by atoms with Crippen molar-refractivity contribution in [3.05, 3.63) is 58.9 Å². The fraction of sp³-hybridized carbons (Fsp3) is 0.429. The van der Waals surface area contributed by atoms with Gasteiger partial charge < -0.3 is 4.90 Å². The zero-order valence-corrected chi connectivity index (χ0v) is 15.6. The van der Waals surface area contributed by atoms with E-state index in [0.717, 1.165) is 37.9 Å². The van der Waals surface area contributed by atoms with Crippen molar-refractivity contribution in [1.29, 1.82) is 0 Å². The van der Waals surface area contributed by atoms with E-state index in [2.05, 4.69) is 10.3 Å². The number of nitrogens with zero attached hydrogens (tertiary/aromatic N) is 4. The molecule has 0 radical (unpaired) electrons. The van der Waals surface area contributed by atoms with Gasteiger partial charge in [0.15, 0.2) is 5.69 Å². The lowest BCUT2D eigenvalue weighted by Crippen LogP contribution is -2.28. The maximum absolute atomic E-state index is 12.5. The Labute approximate surface area is 158 Å². The summed E-state index contributed by atoms with van der Waals surface area (Å²) < 4.78 is 1.73. The average molecular weight is 364 g/mol. The highest BCUT2D eigenvalue weighted by molar-refractivity contribution is 6.07. The maximum Gasteiger partial charge on any atom is 0.246 e. The van der Waals surface area contributed by atoms with E-state index in [1.165, 1.54) is 12.0 Å². The summed E-state index contributed by atoms with van der Waals surface area (Å²) in [5, 5.41) is 8.16. The highest BCUT2D eigenvalue weighted by Gasteiger charge is 2.27. The van der Waals surface area contributed by atoms with Crippen LogP contribution in [0.4, 0.5) is 0 Å². The van der Waals surface area contributed by atoms with Crippen molar-refractivity contribution in [3.63, 3.8) is 0 Å². The second-order valence-corrected chi connectivity index (χ2v) is 7.62. The highest BCUT2D eigenvalue weighted by atomic mass is 16.2. The van der Waals surface area contributed by atoms with Crippen LogP contribution in [-0.4, -0.2) is 44.7 Å². The van der Waals surface area contributed by atoms with E-state index in [1.54, 1.807) is 10.9 Å². The van der Waals surface area contributed by atoms with Gasteiger partial charge in [-0.05, 0) is 38.5 Å². The first-order valence-corrected chi connectivity index (χ1v) is 9.58. The Kier molecular flexibility index (Phi) is 4.88. The molecule has 2 aromatic rings. The van der Waals surface area contributed by atoms with Crippen LogP contribution in [0, 0.1) is 12.8 Å². The van der Waals surface area contributed by atoms with Crippen LogP contribution in [0.3, 0.4) is 0 Å². The number of carbonyl (C=O) groups excluding carboxylic acids is 2. The minimum atomic E-state index is -0.114. The van der Waals surface area contributed by atoms with Gasteiger partial charge in [0.2, 0.25) is 11.7 Å². The van der Waals surface area contributed by atoms with Crippen LogP contribution in [0.5, 0.6) is 0 Å². The van der Waals surface area contributed by atoms with Gasteiger partial charge in [-0.15, -0.1) is 5.10 Å². The molecule has 2 aliphatic rings. The van der Waals surface area contributed by atoms with Gasteiger partial charge in [-0.2, -0.15) is 0 Å². The fourth-order valence-corrected chi connectivity index (χ4v) is 3.58. The topological polar surface area (TPSA) is 68.1 Å². The Morgan fingerprint density at radius 3 is 2.70 bits per heavy atom. The molecule has 2 heterocycles. The molecule has 140 valence electrons. The summed E-state index contributed by atoms with van der Waals surface area (Å²) in [6.45, 7) is 4.19. The molecule has 1 atom stereocenters. The minimum Gasteiger partial charge on any atom is -0.339 e. The van der Waals surface area contributed by atoms with Gasteiger partial charge in [-0.25, -0.2) is 0 Å². The second kappa shape index (κ2) is 7.47. The predicted molar refractivity (Wildman–Crippen MR) is 101 cm³/mol. The largest absolute Gasteiger partial charge is 0.339 e. The molecular formula is C21H24N4O2. The smallest absolute Gasteiger partial charge is 0.246 e. The molecular weight excluding hydrogens is 340 g/mol. The third-order valence-electron chi connectivity index (χ3n) is 5.45. The number of amides is 1. The first-order valence-electron chi connectivity index (χ1n) is 9.58. The molecule has 4 rings (SSSR count). The molecule has 1 aliphatic carbocycles. The number of allylic oxidation sites excluding steroid dienone is 1. The maximum atomic E-state index is 12.5. The molecule has 6 nitrogen and oxygen atoms in total. The molecule has 1 aromatic heterocycles. The molecule has 27 heavy (non-hydrogen) atoms. The number of carbonyl (C=O) groups is 2. The molecule has 2 fully saturated rings. The van der Waals surface area contributed by atoms with E-state index in [9.17, 15) is 9.59 Å². The number of rotatable bonds is 5. The summed E-state index contributed by atoms with van der Waals surface area (Å²) in [6, 6.07) is 7.46. The van der Waals surface area contributed by atoms with Crippen LogP contribution in [0.25, 0.3) is 0 Å². The number of aromatic nitrogens is 3. The van der Waals surface area contributed by atoms with Gasteiger partial charge in [0.1, 0.15) is 0 Å². The molecule has 1 aromatic carbocycles. The minimum absolute atomic E-state index is 0.114. The van der Waals surface area contributed by atoms with Gasteiger partial charge in [0.05, 0.1) is 6.20 Å². The van der Waals surface area contributed by atoms with Gasteiger partial charge in [0.25, 0.3) is 0 Å². The summed E-state index contributed by atoms with van der Waals surface area (Å²) in [5.41, 5.74) is 3.37.